The lowest BCUT2D eigenvalue weighted by atomic mass is 10.1. The van der Waals surface area contributed by atoms with Crippen molar-refractivity contribution >= 4 is 16.8 Å². The van der Waals surface area contributed by atoms with Crippen LogP contribution in [0.25, 0.3) is 10.9 Å². The highest BCUT2D eigenvalue weighted by Crippen LogP contribution is 2.15. The minimum absolute atomic E-state index is 0.0215. The third-order valence-corrected chi connectivity index (χ3v) is 2.07. The molecule has 0 saturated carbocycles. The number of hydrogen-bond acceptors (Lipinski definition) is 2. The van der Waals surface area contributed by atoms with Crippen LogP contribution in [0.2, 0.25) is 0 Å². The van der Waals surface area contributed by atoms with Crippen molar-refractivity contribution in [3.05, 3.63) is 46.0 Å². The summed E-state index contributed by atoms with van der Waals surface area (Å²) in [5.74, 6) is -1.24. The van der Waals surface area contributed by atoms with Crippen molar-refractivity contribution in [1.29, 1.82) is 0 Å². The molecule has 0 aliphatic rings. The molecule has 0 bridgehead atoms. The number of hydrogen-bond donors (Lipinski definition) is 2. The summed E-state index contributed by atoms with van der Waals surface area (Å²) in [6.45, 7) is 0. The molecule has 5 heteroatoms. The predicted molar refractivity (Wildman–Crippen MR) is 53.0 cm³/mol. The third kappa shape index (κ3) is 1.59. The maximum absolute atomic E-state index is 12.9. The SMILES string of the molecule is NC(=O)c1cc(=O)[nH]c2ccc(F)cc12. The fraction of sp³-hybridized carbons (Fsp3) is 0. The minimum atomic E-state index is -0.753. The van der Waals surface area contributed by atoms with E-state index in [4.69, 9.17) is 5.73 Å². The van der Waals surface area contributed by atoms with Crippen LogP contribution in [0.5, 0.6) is 0 Å². The van der Waals surface area contributed by atoms with Crippen molar-refractivity contribution in [2.45, 2.75) is 0 Å². The molecular weight excluding hydrogens is 199 g/mol. The summed E-state index contributed by atoms with van der Waals surface area (Å²) in [4.78, 5) is 24.6. The van der Waals surface area contributed by atoms with Crippen LogP contribution < -0.4 is 11.3 Å². The van der Waals surface area contributed by atoms with Crippen molar-refractivity contribution in [1.82, 2.24) is 4.98 Å². The van der Waals surface area contributed by atoms with Gasteiger partial charge in [0.2, 0.25) is 11.5 Å². The number of amides is 1. The van der Waals surface area contributed by atoms with Crippen molar-refractivity contribution in [3.8, 4) is 0 Å². The molecule has 1 aromatic carbocycles. The predicted octanol–water partition coefficient (Wildman–Crippen LogP) is 0.766. The van der Waals surface area contributed by atoms with E-state index in [9.17, 15) is 14.0 Å². The topological polar surface area (TPSA) is 76.0 Å². The monoisotopic (exact) mass is 206 g/mol. The van der Waals surface area contributed by atoms with Crippen molar-refractivity contribution < 1.29 is 9.18 Å². The van der Waals surface area contributed by atoms with Gasteiger partial charge >= 0.3 is 0 Å². The second-order valence-corrected chi connectivity index (χ2v) is 3.10. The Hall–Kier alpha value is -2.17. The Balaban J connectivity index is 2.94. The molecule has 4 nitrogen and oxygen atoms in total. The Kier molecular flexibility index (Phi) is 2.00. The number of benzene rings is 1. The Morgan fingerprint density at radius 1 is 1.33 bits per heavy atom. The molecule has 0 radical (unpaired) electrons. The summed E-state index contributed by atoms with van der Waals surface area (Å²) < 4.78 is 12.9. The molecule has 76 valence electrons. The lowest BCUT2D eigenvalue weighted by Crippen LogP contribution is -2.16. The van der Waals surface area contributed by atoms with Crippen LogP contribution in [0.1, 0.15) is 10.4 Å². The molecule has 3 N–H and O–H groups in total. The molecule has 0 atom stereocenters. The number of aromatic amines is 1. The Labute approximate surface area is 83.5 Å². The van der Waals surface area contributed by atoms with Gasteiger partial charge in [-0.1, -0.05) is 0 Å². The van der Waals surface area contributed by atoms with Crippen molar-refractivity contribution in [2.75, 3.05) is 0 Å². The van der Waals surface area contributed by atoms with Gasteiger partial charge in [-0.05, 0) is 18.2 Å². The van der Waals surface area contributed by atoms with Gasteiger partial charge in [0.05, 0.1) is 5.56 Å². The number of rotatable bonds is 1. The van der Waals surface area contributed by atoms with E-state index in [2.05, 4.69) is 4.98 Å². The first kappa shape index (κ1) is 9.39. The number of primary amides is 1. The minimum Gasteiger partial charge on any atom is -0.366 e. The zero-order valence-corrected chi connectivity index (χ0v) is 7.58. The van der Waals surface area contributed by atoms with E-state index >= 15 is 0 Å². The fourth-order valence-corrected chi connectivity index (χ4v) is 1.43. The Morgan fingerprint density at radius 3 is 2.73 bits per heavy atom. The molecule has 0 spiro atoms. The van der Waals surface area contributed by atoms with Gasteiger partial charge in [0, 0.05) is 17.0 Å². The van der Waals surface area contributed by atoms with Crippen molar-refractivity contribution in [2.24, 2.45) is 5.73 Å². The van der Waals surface area contributed by atoms with Crippen LogP contribution in [-0.4, -0.2) is 10.9 Å². The zero-order valence-electron chi connectivity index (χ0n) is 7.58. The molecule has 1 aromatic heterocycles. The van der Waals surface area contributed by atoms with Gasteiger partial charge in [-0.15, -0.1) is 0 Å². The quantitative estimate of drug-likeness (QED) is 0.722. The molecule has 2 rings (SSSR count). The second-order valence-electron chi connectivity index (χ2n) is 3.10. The number of carbonyl (C=O) groups is 1. The summed E-state index contributed by atoms with van der Waals surface area (Å²) >= 11 is 0. The normalized spacial score (nSPS) is 10.5. The van der Waals surface area contributed by atoms with E-state index in [1.807, 2.05) is 0 Å². The lowest BCUT2D eigenvalue weighted by molar-refractivity contribution is 0.100. The number of H-pyrrole nitrogens is 1. The summed E-state index contributed by atoms with van der Waals surface area (Å²) in [5, 5.41) is 0.308. The van der Waals surface area contributed by atoms with Gasteiger partial charge in [0.1, 0.15) is 5.82 Å². The highest BCUT2D eigenvalue weighted by molar-refractivity contribution is 6.05. The largest absolute Gasteiger partial charge is 0.366 e. The number of pyridine rings is 1. The molecule has 1 amide bonds. The number of carbonyl (C=O) groups excluding carboxylic acids is 1. The van der Waals surface area contributed by atoms with Gasteiger partial charge in [-0.3, -0.25) is 9.59 Å². The number of nitrogens with one attached hydrogen (secondary N) is 1. The number of aromatic nitrogens is 1. The summed E-state index contributed by atoms with van der Waals surface area (Å²) in [6.07, 6.45) is 0. The van der Waals surface area contributed by atoms with Crippen LogP contribution in [0, 0.1) is 5.82 Å². The first-order valence-corrected chi connectivity index (χ1v) is 4.20. The van der Waals surface area contributed by atoms with Gasteiger partial charge in [-0.25, -0.2) is 4.39 Å². The van der Waals surface area contributed by atoms with E-state index in [1.165, 1.54) is 12.1 Å². The molecule has 0 aliphatic heterocycles. The van der Waals surface area contributed by atoms with Crippen LogP contribution in [0.3, 0.4) is 0 Å². The molecule has 0 fully saturated rings. The average molecular weight is 206 g/mol. The van der Waals surface area contributed by atoms with E-state index in [-0.39, 0.29) is 5.56 Å². The highest BCUT2D eigenvalue weighted by Gasteiger charge is 2.08. The second kappa shape index (κ2) is 3.20. The van der Waals surface area contributed by atoms with Crippen molar-refractivity contribution in [3.63, 3.8) is 0 Å². The molecule has 0 aliphatic carbocycles. The molecule has 0 unspecified atom stereocenters. The molecule has 0 saturated heterocycles. The van der Waals surface area contributed by atoms with Crippen LogP contribution in [-0.2, 0) is 0 Å². The first-order chi connectivity index (χ1) is 7.08. The van der Waals surface area contributed by atoms with Crippen LogP contribution in [0.15, 0.2) is 29.1 Å². The van der Waals surface area contributed by atoms with E-state index in [1.54, 1.807) is 0 Å². The molecule has 15 heavy (non-hydrogen) atoms. The summed E-state index contributed by atoms with van der Waals surface area (Å²) in [5.41, 5.74) is 5.05. The van der Waals surface area contributed by atoms with E-state index in [0.29, 0.717) is 10.9 Å². The number of fused-ring (bicyclic) bond motifs is 1. The third-order valence-electron chi connectivity index (χ3n) is 2.07. The average Bonchev–Trinajstić information content (AvgIpc) is 2.17. The van der Waals surface area contributed by atoms with Crippen LogP contribution in [0.4, 0.5) is 4.39 Å². The molecular formula is C10H7FN2O2. The lowest BCUT2D eigenvalue weighted by Gasteiger charge is -2.02. The van der Waals surface area contributed by atoms with Gasteiger partial charge < -0.3 is 10.7 Å². The zero-order chi connectivity index (χ0) is 11.0. The van der Waals surface area contributed by atoms with E-state index in [0.717, 1.165) is 12.1 Å². The standard InChI is InChI=1S/C10H7FN2O2/c11-5-1-2-8-6(3-5)7(10(12)15)4-9(14)13-8/h1-4H,(H2,12,15)(H,13,14). The van der Waals surface area contributed by atoms with Gasteiger partial charge in [0.25, 0.3) is 0 Å². The Morgan fingerprint density at radius 2 is 2.07 bits per heavy atom. The molecule has 2 aromatic rings. The smallest absolute Gasteiger partial charge is 0.249 e. The Bertz CT molecular complexity index is 604. The molecule has 1 heterocycles. The first-order valence-electron chi connectivity index (χ1n) is 4.20. The highest BCUT2D eigenvalue weighted by atomic mass is 19.1. The maximum atomic E-state index is 12.9. The van der Waals surface area contributed by atoms with Gasteiger partial charge in [-0.2, -0.15) is 0 Å². The summed E-state index contributed by atoms with van der Waals surface area (Å²) in [6, 6.07) is 4.80. The van der Waals surface area contributed by atoms with Crippen LogP contribution >= 0.6 is 0 Å². The van der Waals surface area contributed by atoms with E-state index < -0.39 is 17.3 Å². The summed E-state index contributed by atoms with van der Waals surface area (Å²) in [7, 11) is 0. The maximum Gasteiger partial charge on any atom is 0.249 e. The number of halogens is 1. The fourth-order valence-electron chi connectivity index (χ4n) is 1.43. The number of nitrogens with two attached hydrogens (primary N) is 1. The van der Waals surface area contributed by atoms with Gasteiger partial charge in [0.15, 0.2) is 0 Å².